The molecule has 4 nitrogen and oxygen atoms in total. The second-order valence-electron chi connectivity index (χ2n) is 6.24. The lowest BCUT2D eigenvalue weighted by atomic mass is 9.79. The predicted octanol–water partition coefficient (Wildman–Crippen LogP) is 3.81. The van der Waals surface area contributed by atoms with Crippen LogP contribution >= 0.6 is 0 Å². The van der Waals surface area contributed by atoms with Gasteiger partial charge in [0.05, 0.1) is 6.20 Å². The van der Waals surface area contributed by atoms with E-state index in [0.717, 1.165) is 16.7 Å². The smallest absolute Gasteiger partial charge is 0.154 e. The van der Waals surface area contributed by atoms with Crippen LogP contribution in [0.1, 0.15) is 24.3 Å². The maximum Gasteiger partial charge on any atom is 0.154 e. The van der Waals surface area contributed by atoms with Crippen LogP contribution in [0.2, 0.25) is 0 Å². The number of nitrogens with one attached hydrogen (secondary N) is 2. The number of nitrogens with zero attached hydrogens (tertiary/aromatic N) is 1. The van der Waals surface area contributed by atoms with Crippen molar-refractivity contribution in [3.05, 3.63) is 66.0 Å². The maximum atomic E-state index is 13.7. The molecule has 3 N–H and O–H groups in total. The molecule has 3 unspecified atom stereocenters. The fourth-order valence-electron chi connectivity index (χ4n) is 3.20. The summed E-state index contributed by atoms with van der Waals surface area (Å²) in [5.74, 6) is -1.87. The van der Waals surface area contributed by atoms with Gasteiger partial charge in [-0.25, -0.2) is 8.78 Å². The summed E-state index contributed by atoms with van der Waals surface area (Å²) in [7, 11) is 1.67. The van der Waals surface area contributed by atoms with Crippen LogP contribution in [-0.2, 0) is 0 Å². The Balaban J connectivity index is 1.85. The van der Waals surface area contributed by atoms with Crippen molar-refractivity contribution in [2.45, 2.75) is 25.0 Å². The molecule has 6 heteroatoms. The Kier molecular flexibility index (Phi) is 5.40. The van der Waals surface area contributed by atoms with Gasteiger partial charge in [0.15, 0.2) is 5.83 Å². The number of allylic oxidation sites excluding steroid dienone is 4. The minimum absolute atomic E-state index is 0.00686. The summed E-state index contributed by atoms with van der Waals surface area (Å²) in [5, 5.41) is 19.5. The molecule has 0 bridgehead atoms. The summed E-state index contributed by atoms with van der Waals surface area (Å²) in [5.41, 5.74) is 2.97. The van der Waals surface area contributed by atoms with Crippen molar-refractivity contribution < 1.29 is 13.9 Å². The molecule has 0 fully saturated rings. The average molecular weight is 345 g/mol. The standard InChI is InChI=1S/C19H21F2N3O/c1-22-19(25)9-16(14-6-7-17(20)18(21)8-14)13-4-2-12(3-5-13)15-10-23-24-11-15/h2-7,10-11,14,16,19,22,25H,8-9H2,1H3,(H,23,24). The van der Waals surface area contributed by atoms with Gasteiger partial charge in [0.1, 0.15) is 12.1 Å². The van der Waals surface area contributed by atoms with E-state index in [-0.39, 0.29) is 18.3 Å². The molecule has 0 amide bonds. The number of hydrogen-bond donors (Lipinski definition) is 3. The molecule has 0 radical (unpaired) electrons. The first-order valence-corrected chi connectivity index (χ1v) is 8.25. The normalized spacial score (nSPS) is 19.9. The highest BCUT2D eigenvalue weighted by atomic mass is 19.2. The van der Waals surface area contributed by atoms with Crippen LogP contribution in [0, 0.1) is 5.92 Å². The molecule has 0 aliphatic heterocycles. The Morgan fingerprint density at radius 2 is 2.04 bits per heavy atom. The molecule has 2 aromatic rings. The molecule has 1 aromatic heterocycles. The lowest BCUT2D eigenvalue weighted by Crippen LogP contribution is -2.29. The van der Waals surface area contributed by atoms with Gasteiger partial charge in [0.2, 0.25) is 0 Å². The summed E-state index contributed by atoms with van der Waals surface area (Å²) >= 11 is 0. The van der Waals surface area contributed by atoms with Crippen LogP contribution in [-0.4, -0.2) is 28.6 Å². The van der Waals surface area contributed by atoms with Crippen LogP contribution in [0.25, 0.3) is 11.1 Å². The zero-order valence-electron chi connectivity index (χ0n) is 13.9. The average Bonchev–Trinajstić information content (AvgIpc) is 3.17. The molecular weight excluding hydrogens is 324 g/mol. The molecule has 1 aromatic carbocycles. The van der Waals surface area contributed by atoms with Crippen molar-refractivity contribution in [2.24, 2.45) is 5.92 Å². The lowest BCUT2D eigenvalue weighted by molar-refractivity contribution is 0.121. The van der Waals surface area contributed by atoms with Gasteiger partial charge in [-0.1, -0.05) is 30.3 Å². The zero-order chi connectivity index (χ0) is 17.8. The number of aliphatic hydroxyl groups excluding tert-OH is 1. The Morgan fingerprint density at radius 3 is 2.64 bits per heavy atom. The highest BCUT2D eigenvalue weighted by Crippen LogP contribution is 2.38. The van der Waals surface area contributed by atoms with E-state index in [0.29, 0.717) is 6.42 Å². The Hall–Kier alpha value is -2.31. The lowest BCUT2D eigenvalue weighted by Gasteiger charge is -2.28. The molecule has 3 rings (SSSR count). The molecule has 3 atom stereocenters. The zero-order valence-corrected chi connectivity index (χ0v) is 13.9. The van der Waals surface area contributed by atoms with Crippen LogP contribution in [0.3, 0.4) is 0 Å². The third kappa shape index (κ3) is 4.03. The fraction of sp³-hybridized carbons (Fsp3) is 0.316. The van der Waals surface area contributed by atoms with Gasteiger partial charge in [-0.3, -0.25) is 10.4 Å². The number of benzene rings is 1. The maximum absolute atomic E-state index is 13.7. The molecule has 132 valence electrons. The number of rotatable bonds is 6. The van der Waals surface area contributed by atoms with E-state index in [4.69, 9.17) is 0 Å². The third-order valence-electron chi connectivity index (χ3n) is 4.66. The van der Waals surface area contributed by atoms with Crippen molar-refractivity contribution in [1.82, 2.24) is 15.5 Å². The van der Waals surface area contributed by atoms with Gasteiger partial charge in [-0.15, -0.1) is 0 Å². The number of aromatic amines is 1. The van der Waals surface area contributed by atoms with Crippen LogP contribution in [0.4, 0.5) is 8.78 Å². The Bertz CT molecular complexity index is 753. The number of hydrogen-bond acceptors (Lipinski definition) is 3. The van der Waals surface area contributed by atoms with Gasteiger partial charge < -0.3 is 5.11 Å². The topological polar surface area (TPSA) is 60.9 Å². The van der Waals surface area contributed by atoms with Gasteiger partial charge in [0, 0.05) is 18.2 Å². The number of aromatic nitrogens is 2. The van der Waals surface area contributed by atoms with Crippen molar-refractivity contribution in [3.63, 3.8) is 0 Å². The molecule has 0 spiro atoms. The van der Waals surface area contributed by atoms with Crippen LogP contribution in [0.5, 0.6) is 0 Å². The van der Waals surface area contributed by atoms with Gasteiger partial charge in [0.25, 0.3) is 0 Å². The van der Waals surface area contributed by atoms with Crippen molar-refractivity contribution in [1.29, 1.82) is 0 Å². The highest BCUT2D eigenvalue weighted by molar-refractivity contribution is 5.61. The van der Waals surface area contributed by atoms with Crippen LogP contribution in [0.15, 0.2) is 60.5 Å². The van der Waals surface area contributed by atoms with E-state index in [1.165, 1.54) is 6.08 Å². The number of aliphatic hydroxyl groups is 1. The fourth-order valence-corrected chi connectivity index (χ4v) is 3.20. The Morgan fingerprint density at radius 1 is 1.28 bits per heavy atom. The molecule has 0 saturated heterocycles. The van der Waals surface area contributed by atoms with Gasteiger partial charge >= 0.3 is 0 Å². The summed E-state index contributed by atoms with van der Waals surface area (Å²) in [6, 6.07) is 7.88. The van der Waals surface area contributed by atoms with Gasteiger partial charge in [-0.2, -0.15) is 5.10 Å². The van der Waals surface area contributed by atoms with Crippen molar-refractivity contribution in [3.8, 4) is 11.1 Å². The van der Waals surface area contributed by atoms with E-state index < -0.39 is 17.9 Å². The number of H-pyrrole nitrogens is 1. The monoisotopic (exact) mass is 345 g/mol. The van der Waals surface area contributed by atoms with E-state index in [2.05, 4.69) is 15.5 Å². The first kappa shape index (κ1) is 17.5. The SMILES string of the molecule is CNC(O)CC(c1ccc(-c2cn[nH]c2)cc1)C1C=CC(F)=C(F)C1. The Labute approximate surface area is 145 Å². The molecule has 1 heterocycles. The molecule has 1 aliphatic carbocycles. The van der Waals surface area contributed by atoms with E-state index in [1.807, 2.05) is 30.5 Å². The second-order valence-corrected chi connectivity index (χ2v) is 6.24. The van der Waals surface area contributed by atoms with Gasteiger partial charge in [-0.05, 0) is 42.5 Å². The first-order chi connectivity index (χ1) is 12.1. The summed E-state index contributed by atoms with van der Waals surface area (Å²) in [6.07, 6.45) is 6.12. The van der Waals surface area contributed by atoms with Crippen molar-refractivity contribution in [2.75, 3.05) is 7.05 Å². The molecule has 0 saturated carbocycles. The minimum atomic E-state index is -0.806. The summed E-state index contributed by atoms with van der Waals surface area (Å²) in [6.45, 7) is 0. The van der Waals surface area contributed by atoms with E-state index in [1.54, 1.807) is 19.3 Å². The van der Waals surface area contributed by atoms with E-state index >= 15 is 0 Å². The quantitative estimate of drug-likeness (QED) is 0.698. The molecule has 1 aliphatic rings. The largest absolute Gasteiger partial charge is 0.379 e. The van der Waals surface area contributed by atoms with Crippen molar-refractivity contribution >= 4 is 0 Å². The minimum Gasteiger partial charge on any atom is -0.379 e. The summed E-state index contributed by atoms with van der Waals surface area (Å²) < 4.78 is 27.0. The molecule has 25 heavy (non-hydrogen) atoms. The van der Waals surface area contributed by atoms with Crippen LogP contribution < -0.4 is 5.32 Å². The second kappa shape index (κ2) is 7.72. The predicted molar refractivity (Wildman–Crippen MR) is 92.9 cm³/mol. The third-order valence-corrected chi connectivity index (χ3v) is 4.66. The van der Waals surface area contributed by atoms with E-state index in [9.17, 15) is 13.9 Å². The highest BCUT2D eigenvalue weighted by Gasteiger charge is 2.28. The summed E-state index contributed by atoms with van der Waals surface area (Å²) in [4.78, 5) is 0. The first-order valence-electron chi connectivity index (χ1n) is 8.25. The number of halogens is 2. The molecular formula is C19H21F2N3O.